The maximum Gasteiger partial charge on any atom is 0.315 e. The van der Waals surface area contributed by atoms with E-state index >= 15 is 0 Å². The third-order valence-electron chi connectivity index (χ3n) is 6.44. The predicted octanol–water partition coefficient (Wildman–Crippen LogP) is 4.30. The van der Waals surface area contributed by atoms with Gasteiger partial charge in [0.25, 0.3) is 0 Å². The summed E-state index contributed by atoms with van der Waals surface area (Å²) in [6, 6.07) is 12.7. The van der Waals surface area contributed by atoms with Crippen molar-refractivity contribution in [3.05, 3.63) is 48.3 Å². The fourth-order valence-corrected chi connectivity index (χ4v) is 4.56. The summed E-state index contributed by atoms with van der Waals surface area (Å²) in [5.74, 6) is 0.959. The molecule has 0 radical (unpaired) electrons. The van der Waals surface area contributed by atoms with E-state index in [1.54, 1.807) is 6.07 Å². The lowest BCUT2D eigenvalue weighted by Gasteiger charge is -2.30. The van der Waals surface area contributed by atoms with E-state index in [-0.39, 0.29) is 36.6 Å². The number of carbonyl (C=O) groups is 1. The molecule has 0 saturated heterocycles. The molecule has 0 atom stereocenters. The number of halogens is 1. The van der Waals surface area contributed by atoms with Gasteiger partial charge in [-0.05, 0) is 74.9 Å². The van der Waals surface area contributed by atoms with Gasteiger partial charge < -0.3 is 26.0 Å². The molecule has 1 aliphatic carbocycles. The van der Waals surface area contributed by atoms with Crippen LogP contribution in [0.15, 0.2) is 42.5 Å². The maximum atomic E-state index is 13.8. The van der Waals surface area contributed by atoms with Crippen molar-refractivity contribution < 1.29 is 14.3 Å². The predicted molar refractivity (Wildman–Crippen MR) is 142 cm³/mol. The molecule has 1 aromatic heterocycles. The molecule has 9 heteroatoms. The highest BCUT2D eigenvalue weighted by Crippen LogP contribution is 2.31. The van der Waals surface area contributed by atoms with Crippen molar-refractivity contribution in [3.63, 3.8) is 0 Å². The molecular formula is C27H35FN6O2. The summed E-state index contributed by atoms with van der Waals surface area (Å²) in [7, 11) is 1.85. The molecule has 3 aromatic rings. The number of aliphatic hydroxyl groups excluding tert-OH is 1. The third-order valence-corrected chi connectivity index (χ3v) is 6.44. The van der Waals surface area contributed by atoms with Crippen molar-refractivity contribution in [2.75, 3.05) is 30.4 Å². The molecule has 36 heavy (non-hydrogen) atoms. The number of hydrogen-bond acceptors (Lipinski definition) is 6. The Morgan fingerprint density at radius 1 is 1.08 bits per heavy atom. The summed E-state index contributed by atoms with van der Waals surface area (Å²) in [6.07, 6.45) is 3.53. The molecule has 1 aliphatic rings. The fraction of sp³-hybridized carbons (Fsp3) is 0.444. The normalized spacial score (nSPS) is 17.7. The van der Waals surface area contributed by atoms with Crippen LogP contribution in [0.25, 0.3) is 22.0 Å². The monoisotopic (exact) mass is 494 g/mol. The number of amides is 2. The number of nitrogens with one attached hydrogen (secondary N) is 3. The summed E-state index contributed by atoms with van der Waals surface area (Å²) in [5.41, 5.74) is 2.44. The van der Waals surface area contributed by atoms with Crippen molar-refractivity contribution in [2.24, 2.45) is 0 Å². The van der Waals surface area contributed by atoms with Crippen LogP contribution in [0.3, 0.4) is 0 Å². The van der Waals surface area contributed by atoms with E-state index < -0.39 is 0 Å². The Labute approximate surface area is 211 Å². The number of aliphatic hydroxyl groups is 1. The lowest BCUT2D eigenvalue weighted by molar-refractivity contribution is 0.229. The van der Waals surface area contributed by atoms with Gasteiger partial charge in [0.15, 0.2) is 0 Å². The third kappa shape index (κ3) is 6.40. The van der Waals surface area contributed by atoms with Crippen molar-refractivity contribution in [2.45, 2.75) is 57.7 Å². The van der Waals surface area contributed by atoms with Crippen LogP contribution in [-0.4, -0.2) is 59.4 Å². The molecule has 4 N–H and O–H groups in total. The molecule has 1 saturated carbocycles. The fourth-order valence-electron chi connectivity index (χ4n) is 4.56. The zero-order valence-electron chi connectivity index (χ0n) is 21.1. The maximum absolute atomic E-state index is 13.8. The largest absolute Gasteiger partial charge is 0.395 e. The smallest absolute Gasteiger partial charge is 0.315 e. The number of urea groups is 1. The highest BCUT2D eigenvalue weighted by Gasteiger charge is 2.24. The lowest BCUT2D eigenvalue weighted by atomic mass is 9.91. The van der Waals surface area contributed by atoms with Gasteiger partial charge in [0, 0.05) is 37.1 Å². The van der Waals surface area contributed by atoms with Gasteiger partial charge in [-0.15, -0.1) is 0 Å². The van der Waals surface area contributed by atoms with Gasteiger partial charge in [0.1, 0.15) is 11.6 Å². The molecule has 4 rings (SSSR count). The van der Waals surface area contributed by atoms with Crippen LogP contribution in [0, 0.1) is 5.82 Å². The molecule has 0 bridgehead atoms. The molecule has 0 aliphatic heterocycles. The SMILES string of the molecule is CC(C)NC(=O)NC1CCC(Nc2nc(N(C)CCO)nc3ccc(-c4cccc(F)c4)cc23)CC1. The van der Waals surface area contributed by atoms with E-state index in [0.717, 1.165) is 47.7 Å². The number of likely N-dealkylation sites (N-methyl/N-ethyl adjacent to an activating group) is 1. The van der Waals surface area contributed by atoms with Crippen LogP contribution in [0.2, 0.25) is 0 Å². The van der Waals surface area contributed by atoms with Gasteiger partial charge in [-0.1, -0.05) is 18.2 Å². The Morgan fingerprint density at radius 3 is 2.50 bits per heavy atom. The van der Waals surface area contributed by atoms with Crippen molar-refractivity contribution in [3.8, 4) is 11.1 Å². The first-order valence-electron chi connectivity index (χ1n) is 12.6. The zero-order valence-corrected chi connectivity index (χ0v) is 21.1. The summed E-state index contributed by atoms with van der Waals surface area (Å²) in [6.45, 7) is 4.30. The summed E-state index contributed by atoms with van der Waals surface area (Å²) < 4.78 is 13.8. The van der Waals surface area contributed by atoms with E-state index in [1.807, 2.05) is 50.1 Å². The number of aromatic nitrogens is 2. The molecule has 2 aromatic carbocycles. The second kappa shape index (κ2) is 11.5. The number of carbonyl (C=O) groups excluding carboxylic acids is 1. The molecular weight excluding hydrogens is 459 g/mol. The van der Waals surface area contributed by atoms with E-state index in [4.69, 9.17) is 9.97 Å². The number of benzene rings is 2. The Morgan fingerprint density at radius 2 is 1.81 bits per heavy atom. The van der Waals surface area contributed by atoms with Crippen LogP contribution >= 0.6 is 0 Å². The second-order valence-corrected chi connectivity index (χ2v) is 9.73. The minimum Gasteiger partial charge on any atom is -0.395 e. The van der Waals surface area contributed by atoms with E-state index in [9.17, 15) is 14.3 Å². The molecule has 192 valence electrons. The van der Waals surface area contributed by atoms with Crippen molar-refractivity contribution in [1.29, 1.82) is 0 Å². The van der Waals surface area contributed by atoms with E-state index in [0.29, 0.717) is 18.3 Å². The molecule has 0 spiro atoms. The number of rotatable bonds is 8. The molecule has 8 nitrogen and oxygen atoms in total. The highest BCUT2D eigenvalue weighted by atomic mass is 19.1. The number of hydrogen-bond donors (Lipinski definition) is 4. The Hall–Kier alpha value is -3.46. The molecule has 0 unspecified atom stereocenters. The van der Waals surface area contributed by atoms with Gasteiger partial charge in [-0.2, -0.15) is 4.98 Å². The summed E-state index contributed by atoms with van der Waals surface area (Å²) in [4.78, 5) is 23.4. The average Bonchev–Trinajstić information content (AvgIpc) is 2.84. The van der Waals surface area contributed by atoms with Crippen LogP contribution in [-0.2, 0) is 0 Å². The molecule has 2 amide bonds. The van der Waals surface area contributed by atoms with Crippen LogP contribution < -0.4 is 20.9 Å². The van der Waals surface area contributed by atoms with Gasteiger partial charge in [0.2, 0.25) is 5.95 Å². The quantitative estimate of drug-likeness (QED) is 0.373. The highest BCUT2D eigenvalue weighted by molar-refractivity contribution is 5.93. The Kier molecular flexibility index (Phi) is 8.20. The molecule has 1 heterocycles. The first-order chi connectivity index (χ1) is 17.3. The lowest BCUT2D eigenvalue weighted by Crippen LogP contribution is -2.46. The van der Waals surface area contributed by atoms with E-state index in [2.05, 4.69) is 16.0 Å². The number of fused-ring (bicyclic) bond motifs is 1. The van der Waals surface area contributed by atoms with Crippen LogP contribution in [0.1, 0.15) is 39.5 Å². The number of nitrogens with zero attached hydrogens (tertiary/aromatic N) is 3. The molecule has 1 fully saturated rings. The van der Waals surface area contributed by atoms with Gasteiger partial charge in [-0.25, -0.2) is 14.2 Å². The van der Waals surface area contributed by atoms with E-state index in [1.165, 1.54) is 12.1 Å². The van der Waals surface area contributed by atoms with Gasteiger partial charge in [-0.3, -0.25) is 0 Å². The number of anilines is 2. The van der Waals surface area contributed by atoms with Gasteiger partial charge >= 0.3 is 6.03 Å². The minimum atomic E-state index is -0.282. The van der Waals surface area contributed by atoms with Crippen LogP contribution in [0.5, 0.6) is 0 Å². The zero-order chi connectivity index (χ0) is 25.7. The van der Waals surface area contributed by atoms with Crippen LogP contribution in [0.4, 0.5) is 21.0 Å². The summed E-state index contributed by atoms with van der Waals surface area (Å²) >= 11 is 0. The summed E-state index contributed by atoms with van der Waals surface area (Å²) in [5, 5.41) is 19.8. The average molecular weight is 495 g/mol. The first-order valence-corrected chi connectivity index (χ1v) is 12.6. The first kappa shape index (κ1) is 25.6. The second-order valence-electron chi connectivity index (χ2n) is 9.73. The van der Waals surface area contributed by atoms with Gasteiger partial charge in [0.05, 0.1) is 12.1 Å². The standard InChI is InChI=1S/C27H35FN6O2/c1-17(2)29-27(36)31-22-10-8-21(9-11-22)30-25-23-16-19(18-5-4-6-20(28)15-18)7-12-24(23)32-26(33-25)34(3)13-14-35/h4-7,12,15-17,21-22,35H,8-11,13-14H2,1-3H3,(H2,29,31,36)(H,30,32,33). The van der Waals surface area contributed by atoms with Crippen molar-refractivity contribution in [1.82, 2.24) is 20.6 Å². The Balaban J connectivity index is 1.57. The van der Waals surface area contributed by atoms with Crippen molar-refractivity contribution >= 4 is 28.7 Å². The Bertz CT molecular complexity index is 1200. The topological polar surface area (TPSA) is 102 Å². The minimum absolute atomic E-state index is 0.000564.